The number of hydrogen-bond donors (Lipinski definition) is 1. The molecule has 0 unspecified atom stereocenters. The smallest absolute Gasteiger partial charge is 0.0499 e. The van der Waals surface area contributed by atoms with Crippen LogP contribution in [0.4, 0.5) is 0 Å². The second-order valence-electron chi connectivity index (χ2n) is 5.97. The van der Waals surface area contributed by atoms with Gasteiger partial charge in [0, 0.05) is 25.1 Å². The van der Waals surface area contributed by atoms with Crippen LogP contribution in [0.5, 0.6) is 0 Å². The average Bonchev–Trinajstić information content (AvgIpc) is 3.08. The van der Waals surface area contributed by atoms with E-state index in [1.807, 2.05) is 0 Å². The summed E-state index contributed by atoms with van der Waals surface area (Å²) in [6.07, 6.45) is 8.31. The van der Waals surface area contributed by atoms with E-state index >= 15 is 0 Å². The van der Waals surface area contributed by atoms with Crippen LogP contribution < -0.4 is 0 Å². The predicted octanol–water partition coefficient (Wildman–Crippen LogP) is 1.63. The van der Waals surface area contributed by atoms with Gasteiger partial charge in [0.25, 0.3) is 0 Å². The standard InChI is InChI=1S/C12H21NO/c14-10-12(5-6-12)9-13-7-1-2-11(8-13)3-4-11/h14H,1-10H2. The van der Waals surface area contributed by atoms with E-state index in [1.165, 1.54) is 58.2 Å². The lowest BCUT2D eigenvalue weighted by atomic mass is 9.94. The SMILES string of the molecule is OCC1(CN2CCCC3(CC3)C2)CC1. The Morgan fingerprint density at radius 1 is 1.07 bits per heavy atom. The summed E-state index contributed by atoms with van der Waals surface area (Å²) in [6, 6.07) is 0. The largest absolute Gasteiger partial charge is 0.396 e. The average molecular weight is 195 g/mol. The lowest BCUT2D eigenvalue weighted by molar-refractivity contribution is 0.103. The highest BCUT2D eigenvalue weighted by Crippen LogP contribution is 2.53. The van der Waals surface area contributed by atoms with Crippen LogP contribution >= 0.6 is 0 Å². The van der Waals surface area contributed by atoms with Crippen molar-refractivity contribution >= 4 is 0 Å². The third kappa shape index (κ3) is 1.59. The Morgan fingerprint density at radius 3 is 2.43 bits per heavy atom. The molecule has 0 amide bonds. The van der Waals surface area contributed by atoms with Gasteiger partial charge in [-0.3, -0.25) is 0 Å². The molecule has 1 heterocycles. The van der Waals surface area contributed by atoms with Crippen molar-refractivity contribution in [3.63, 3.8) is 0 Å². The number of rotatable bonds is 3. The molecule has 3 rings (SSSR count). The zero-order chi connectivity index (χ0) is 9.65. The quantitative estimate of drug-likeness (QED) is 0.740. The molecule has 3 fully saturated rings. The minimum atomic E-state index is 0.327. The van der Waals surface area contributed by atoms with Gasteiger partial charge >= 0.3 is 0 Å². The van der Waals surface area contributed by atoms with Crippen molar-refractivity contribution in [3.05, 3.63) is 0 Å². The van der Waals surface area contributed by atoms with Crippen LogP contribution in [0, 0.1) is 10.8 Å². The van der Waals surface area contributed by atoms with Crippen LogP contribution in [0.15, 0.2) is 0 Å². The van der Waals surface area contributed by atoms with Gasteiger partial charge in [0.05, 0.1) is 0 Å². The lowest BCUT2D eigenvalue weighted by Gasteiger charge is -2.35. The molecule has 14 heavy (non-hydrogen) atoms. The molecule has 1 aliphatic heterocycles. The maximum absolute atomic E-state index is 9.31. The minimum absolute atomic E-state index is 0.327. The van der Waals surface area contributed by atoms with Crippen molar-refractivity contribution in [3.8, 4) is 0 Å². The molecule has 0 bridgehead atoms. The van der Waals surface area contributed by atoms with Gasteiger partial charge in [-0.1, -0.05) is 0 Å². The minimum Gasteiger partial charge on any atom is -0.396 e. The number of hydrogen-bond acceptors (Lipinski definition) is 2. The van der Waals surface area contributed by atoms with Gasteiger partial charge < -0.3 is 10.0 Å². The molecule has 80 valence electrons. The van der Waals surface area contributed by atoms with Gasteiger partial charge in [0.2, 0.25) is 0 Å². The van der Waals surface area contributed by atoms with Crippen molar-refractivity contribution in [1.29, 1.82) is 0 Å². The highest BCUT2D eigenvalue weighted by atomic mass is 16.3. The van der Waals surface area contributed by atoms with Crippen LogP contribution in [0.3, 0.4) is 0 Å². The summed E-state index contributed by atoms with van der Waals surface area (Å²) in [6.45, 7) is 4.19. The first-order valence-electron chi connectivity index (χ1n) is 6.09. The number of nitrogens with zero attached hydrogens (tertiary/aromatic N) is 1. The number of aliphatic hydroxyl groups is 1. The van der Waals surface area contributed by atoms with E-state index in [9.17, 15) is 5.11 Å². The van der Waals surface area contributed by atoms with Crippen molar-refractivity contribution in [2.24, 2.45) is 10.8 Å². The molecule has 0 aromatic carbocycles. The third-order valence-electron chi connectivity index (χ3n) is 4.55. The van der Waals surface area contributed by atoms with Crippen LogP contribution in [0.25, 0.3) is 0 Å². The Kier molecular flexibility index (Phi) is 1.94. The molecule has 1 saturated heterocycles. The van der Waals surface area contributed by atoms with Gasteiger partial charge in [0.1, 0.15) is 0 Å². The molecule has 0 atom stereocenters. The van der Waals surface area contributed by atoms with Gasteiger partial charge in [0.15, 0.2) is 0 Å². The predicted molar refractivity (Wildman–Crippen MR) is 56.1 cm³/mol. The summed E-state index contributed by atoms with van der Waals surface area (Å²) in [5, 5.41) is 9.31. The molecule has 2 heteroatoms. The van der Waals surface area contributed by atoms with Crippen LogP contribution in [0.2, 0.25) is 0 Å². The molecule has 2 nitrogen and oxygen atoms in total. The molecular weight excluding hydrogens is 174 g/mol. The molecule has 1 N–H and O–H groups in total. The lowest BCUT2D eigenvalue weighted by Crippen LogP contribution is -2.40. The highest BCUT2D eigenvalue weighted by Gasteiger charge is 2.49. The fourth-order valence-corrected chi connectivity index (χ4v) is 3.05. The fraction of sp³-hybridized carbons (Fsp3) is 1.00. The van der Waals surface area contributed by atoms with Crippen molar-refractivity contribution < 1.29 is 5.11 Å². The first-order valence-corrected chi connectivity index (χ1v) is 6.09. The summed E-state index contributed by atoms with van der Waals surface area (Å²) in [5.41, 5.74) is 1.07. The summed E-state index contributed by atoms with van der Waals surface area (Å²) >= 11 is 0. The first kappa shape index (κ1) is 9.17. The van der Waals surface area contributed by atoms with Crippen molar-refractivity contribution in [2.75, 3.05) is 26.2 Å². The topological polar surface area (TPSA) is 23.5 Å². The van der Waals surface area contributed by atoms with Gasteiger partial charge in [-0.05, 0) is 50.5 Å². The number of aliphatic hydroxyl groups excluding tert-OH is 1. The Labute approximate surface area is 86.3 Å². The van der Waals surface area contributed by atoms with E-state index in [0.29, 0.717) is 12.0 Å². The molecular formula is C12H21NO. The number of piperidine rings is 1. The summed E-state index contributed by atoms with van der Waals surface area (Å²) in [5.74, 6) is 0. The molecule has 1 spiro atoms. The van der Waals surface area contributed by atoms with Crippen molar-refractivity contribution in [2.45, 2.75) is 38.5 Å². The zero-order valence-corrected chi connectivity index (χ0v) is 8.97. The van der Waals surface area contributed by atoms with Crippen LogP contribution in [0.1, 0.15) is 38.5 Å². The second-order valence-corrected chi connectivity index (χ2v) is 5.97. The van der Waals surface area contributed by atoms with E-state index in [2.05, 4.69) is 4.90 Å². The normalized spacial score (nSPS) is 33.2. The van der Waals surface area contributed by atoms with Gasteiger partial charge in [-0.2, -0.15) is 0 Å². The molecule has 0 aromatic heterocycles. The van der Waals surface area contributed by atoms with Gasteiger partial charge in [-0.25, -0.2) is 0 Å². The van der Waals surface area contributed by atoms with Crippen LogP contribution in [-0.4, -0.2) is 36.2 Å². The van der Waals surface area contributed by atoms with Crippen LogP contribution in [-0.2, 0) is 0 Å². The van der Waals surface area contributed by atoms with E-state index < -0.39 is 0 Å². The third-order valence-corrected chi connectivity index (χ3v) is 4.55. The monoisotopic (exact) mass is 195 g/mol. The first-order chi connectivity index (χ1) is 6.76. The molecule has 0 radical (unpaired) electrons. The van der Waals surface area contributed by atoms with E-state index in [-0.39, 0.29) is 0 Å². The Bertz CT molecular complexity index is 230. The van der Waals surface area contributed by atoms with Gasteiger partial charge in [-0.15, -0.1) is 0 Å². The van der Waals surface area contributed by atoms with E-state index in [1.54, 1.807) is 0 Å². The number of likely N-dealkylation sites (tertiary alicyclic amines) is 1. The summed E-state index contributed by atoms with van der Waals surface area (Å²) in [4.78, 5) is 2.62. The molecule has 2 aliphatic carbocycles. The maximum atomic E-state index is 9.31. The highest BCUT2D eigenvalue weighted by molar-refractivity contribution is 5.01. The Hall–Kier alpha value is -0.0800. The Morgan fingerprint density at radius 2 is 1.86 bits per heavy atom. The van der Waals surface area contributed by atoms with Crippen molar-refractivity contribution in [1.82, 2.24) is 4.90 Å². The molecule has 0 aromatic rings. The van der Waals surface area contributed by atoms with E-state index in [4.69, 9.17) is 0 Å². The maximum Gasteiger partial charge on any atom is 0.0499 e. The zero-order valence-electron chi connectivity index (χ0n) is 8.97. The summed E-state index contributed by atoms with van der Waals surface area (Å²) in [7, 11) is 0. The Balaban J connectivity index is 1.57. The molecule has 2 saturated carbocycles. The fourth-order valence-electron chi connectivity index (χ4n) is 3.05. The van der Waals surface area contributed by atoms with E-state index in [0.717, 1.165) is 5.41 Å². The summed E-state index contributed by atoms with van der Waals surface area (Å²) < 4.78 is 0. The molecule has 3 aliphatic rings. The second kappa shape index (κ2) is 2.96.